The molecular weight excluding hydrogens is 276 g/mol. The molecule has 0 unspecified atom stereocenters. The molecule has 5 nitrogen and oxygen atoms in total. The van der Waals surface area contributed by atoms with Crippen LogP contribution in [0, 0.1) is 6.92 Å². The van der Waals surface area contributed by atoms with Gasteiger partial charge in [-0.25, -0.2) is 9.97 Å². The van der Waals surface area contributed by atoms with Gasteiger partial charge in [0.05, 0.1) is 5.69 Å². The Morgan fingerprint density at radius 2 is 2.05 bits per heavy atom. The summed E-state index contributed by atoms with van der Waals surface area (Å²) in [6, 6.07) is 5.92. The Kier molecular flexibility index (Phi) is 4.13. The minimum Gasteiger partial charge on any atom is -0.343 e. The van der Waals surface area contributed by atoms with Crippen molar-refractivity contribution in [2.24, 2.45) is 0 Å². The third kappa shape index (κ3) is 3.13. The van der Waals surface area contributed by atoms with E-state index in [0.29, 0.717) is 5.92 Å². The standard InChI is InChI=1S/C17H20N4O/c1-12-10-16(15-4-3-7-18-11-15)20-17(19-12)14-5-8-21(9-6-14)13(2)22/h3-4,7,10-11,14H,5-6,8-9H2,1-2H3. The van der Waals surface area contributed by atoms with Gasteiger partial charge in [0.15, 0.2) is 0 Å². The van der Waals surface area contributed by atoms with Crippen LogP contribution in [0.5, 0.6) is 0 Å². The van der Waals surface area contributed by atoms with Crippen LogP contribution >= 0.6 is 0 Å². The molecule has 2 aromatic rings. The largest absolute Gasteiger partial charge is 0.343 e. The molecule has 0 aliphatic carbocycles. The van der Waals surface area contributed by atoms with E-state index in [-0.39, 0.29) is 5.91 Å². The zero-order valence-corrected chi connectivity index (χ0v) is 13.0. The molecule has 3 rings (SSSR count). The van der Waals surface area contributed by atoms with Crippen molar-refractivity contribution in [1.29, 1.82) is 0 Å². The number of hydrogen-bond donors (Lipinski definition) is 0. The summed E-state index contributed by atoms with van der Waals surface area (Å²) >= 11 is 0. The van der Waals surface area contributed by atoms with Crippen LogP contribution in [0.3, 0.4) is 0 Å². The number of hydrogen-bond acceptors (Lipinski definition) is 4. The number of piperidine rings is 1. The molecule has 3 heterocycles. The van der Waals surface area contributed by atoms with Crippen LogP contribution in [-0.4, -0.2) is 38.8 Å². The van der Waals surface area contributed by atoms with Gasteiger partial charge in [0.2, 0.25) is 5.91 Å². The van der Waals surface area contributed by atoms with E-state index in [1.807, 2.05) is 36.2 Å². The normalized spacial score (nSPS) is 15.8. The minimum absolute atomic E-state index is 0.152. The van der Waals surface area contributed by atoms with Crippen LogP contribution in [0.2, 0.25) is 0 Å². The third-order valence-corrected chi connectivity index (χ3v) is 4.13. The van der Waals surface area contributed by atoms with E-state index >= 15 is 0 Å². The van der Waals surface area contributed by atoms with Crippen LogP contribution in [-0.2, 0) is 4.79 Å². The molecule has 0 atom stereocenters. The van der Waals surface area contributed by atoms with Crippen molar-refractivity contribution < 1.29 is 4.79 Å². The maximum Gasteiger partial charge on any atom is 0.219 e. The summed E-state index contributed by atoms with van der Waals surface area (Å²) in [5, 5.41) is 0. The Morgan fingerprint density at radius 1 is 1.27 bits per heavy atom. The number of aromatic nitrogens is 3. The quantitative estimate of drug-likeness (QED) is 0.854. The molecule has 1 aliphatic heterocycles. The molecule has 114 valence electrons. The first-order valence-corrected chi connectivity index (χ1v) is 7.65. The SMILES string of the molecule is CC(=O)N1CCC(c2nc(C)cc(-c3cccnc3)n2)CC1. The number of pyridine rings is 1. The van der Waals surface area contributed by atoms with Crippen LogP contribution in [0.4, 0.5) is 0 Å². The molecule has 0 saturated carbocycles. The number of amides is 1. The minimum atomic E-state index is 0.152. The van der Waals surface area contributed by atoms with E-state index in [4.69, 9.17) is 4.98 Å². The van der Waals surface area contributed by atoms with Crippen LogP contribution in [0.1, 0.15) is 37.2 Å². The molecular formula is C17H20N4O. The molecule has 5 heteroatoms. The lowest BCUT2D eigenvalue weighted by Crippen LogP contribution is -2.36. The molecule has 22 heavy (non-hydrogen) atoms. The van der Waals surface area contributed by atoms with Crippen molar-refractivity contribution in [1.82, 2.24) is 19.9 Å². The summed E-state index contributed by atoms with van der Waals surface area (Å²) in [6.07, 6.45) is 5.44. The number of likely N-dealkylation sites (tertiary alicyclic amines) is 1. The first kappa shape index (κ1) is 14.6. The Bertz CT molecular complexity index is 664. The second kappa shape index (κ2) is 6.22. The van der Waals surface area contributed by atoms with Gasteiger partial charge in [-0.05, 0) is 38.0 Å². The number of carbonyl (C=O) groups is 1. The smallest absolute Gasteiger partial charge is 0.219 e. The van der Waals surface area contributed by atoms with Crippen LogP contribution < -0.4 is 0 Å². The molecule has 1 fully saturated rings. The fraction of sp³-hybridized carbons (Fsp3) is 0.412. The van der Waals surface area contributed by atoms with E-state index < -0.39 is 0 Å². The van der Waals surface area contributed by atoms with Gasteiger partial charge < -0.3 is 4.90 Å². The predicted octanol–water partition coefficient (Wildman–Crippen LogP) is 2.57. The molecule has 0 aromatic carbocycles. The highest BCUT2D eigenvalue weighted by atomic mass is 16.2. The van der Waals surface area contributed by atoms with Gasteiger partial charge in [-0.15, -0.1) is 0 Å². The van der Waals surface area contributed by atoms with Crippen molar-refractivity contribution in [3.63, 3.8) is 0 Å². The van der Waals surface area contributed by atoms with Gasteiger partial charge in [0.25, 0.3) is 0 Å². The average Bonchev–Trinajstić information content (AvgIpc) is 2.55. The first-order chi connectivity index (χ1) is 10.6. The van der Waals surface area contributed by atoms with E-state index in [0.717, 1.165) is 48.7 Å². The monoisotopic (exact) mass is 296 g/mol. The van der Waals surface area contributed by atoms with Gasteiger partial charge in [0, 0.05) is 49.6 Å². The van der Waals surface area contributed by atoms with E-state index in [1.165, 1.54) is 0 Å². The Morgan fingerprint density at radius 3 is 2.68 bits per heavy atom. The average molecular weight is 296 g/mol. The predicted molar refractivity (Wildman–Crippen MR) is 84.2 cm³/mol. The van der Waals surface area contributed by atoms with Gasteiger partial charge in [0.1, 0.15) is 5.82 Å². The zero-order valence-electron chi connectivity index (χ0n) is 13.0. The van der Waals surface area contributed by atoms with Crippen LogP contribution in [0.25, 0.3) is 11.3 Å². The van der Waals surface area contributed by atoms with Crippen molar-refractivity contribution in [2.45, 2.75) is 32.6 Å². The van der Waals surface area contributed by atoms with Crippen molar-refractivity contribution in [3.05, 3.63) is 42.1 Å². The Labute approximate surface area is 130 Å². The van der Waals surface area contributed by atoms with E-state index in [1.54, 1.807) is 13.1 Å². The highest BCUT2D eigenvalue weighted by molar-refractivity contribution is 5.73. The molecule has 1 aliphatic rings. The summed E-state index contributed by atoms with van der Waals surface area (Å²) in [4.78, 5) is 26.8. The molecule has 0 bridgehead atoms. The number of aryl methyl sites for hydroxylation is 1. The summed E-state index contributed by atoms with van der Waals surface area (Å²) in [5.41, 5.74) is 2.90. The summed E-state index contributed by atoms with van der Waals surface area (Å²) < 4.78 is 0. The van der Waals surface area contributed by atoms with Crippen molar-refractivity contribution in [3.8, 4) is 11.3 Å². The summed E-state index contributed by atoms with van der Waals surface area (Å²) in [5.74, 6) is 1.37. The second-order valence-electron chi connectivity index (χ2n) is 5.77. The summed E-state index contributed by atoms with van der Waals surface area (Å²) in [6.45, 7) is 5.21. The fourth-order valence-corrected chi connectivity index (χ4v) is 2.89. The van der Waals surface area contributed by atoms with Gasteiger partial charge >= 0.3 is 0 Å². The van der Waals surface area contributed by atoms with E-state index in [2.05, 4.69) is 9.97 Å². The van der Waals surface area contributed by atoms with Crippen molar-refractivity contribution in [2.75, 3.05) is 13.1 Å². The number of rotatable bonds is 2. The highest BCUT2D eigenvalue weighted by Gasteiger charge is 2.24. The van der Waals surface area contributed by atoms with Gasteiger partial charge in [-0.1, -0.05) is 0 Å². The molecule has 0 N–H and O–H groups in total. The molecule has 1 amide bonds. The molecule has 2 aromatic heterocycles. The topological polar surface area (TPSA) is 59.0 Å². The van der Waals surface area contributed by atoms with Crippen LogP contribution in [0.15, 0.2) is 30.6 Å². The van der Waals surface area contributed by atoms with Gasteiger partial charge in [-0.3, -0.25) is 9.78 Å². The Balaban J connectivity index is 1.83. The number of carbonyl (C=O) groups excluding carboxylic acids is 1. The fourth-order valence-electron chi connectivity index (χ4n) is 2.89. The number of nitrogens with zero attached hydrogens (tertiary/aromatic N) is 4. The summed E-state index contributed by atoms with van der Waals surface area (Å²) in [7, 11) is 0. The van der Waals surface area contributed by atoms with Crippen molar-refractivity contribution >= 4 is 5.91 Å². The van der Waals surface area contributed by atoms with E-state index in [9.17, 15) is 4.79 Å². The third-order valence-electron chi connectivity index (χ3n) is 4.13. The second-order valence-corrected chi connectivity index (χ2v) is 5.77. The lowest BCUT2D eigenvalue weighted by molar-refractivity contribution is -0.129. The Hall–Kier alpha value is -2.30. The lowest BCUT2D eigenvalue weighted by Gasteiger charge is -2.30. The first-order valence-electron chi connectivity index (χ1n) is 7.65. The molecule has 1 saturated heterocycles. The lowest BCUT2D eigenvalue weighted by atomic mass is 9.95. The molecule has 0 radical (unpaired) electrons. The maximum absolute atomic E-state index is 11.4. The molecule has 0 spiro atoms. The maximum atomic E-state index is 11.4. The zero-order chi connectivity index (χ0) is 15.5. The highest BCUT2D eigenvalue weighted by Crippen LogP contribution is 2.27. The van der Waals surface area contributed by atoms with Gasteiger partial charge in [-0.2, -0.15) is 0 Å².